The van der Waals surface area contributed by atoms with E-state index >= 15 is 0 Å². The number of amides is 1. The van der Waals surface area contributed by atoms with Crippen molar-refractivity contribution in [2.24, 2.45) is 0 Å². The minimum atomic E-state index is -0.697. The van der Waals surface area contributed by atoms with E-state index < -0.39 is 11.3 Å². The molecule has 12 heteroatoms. The van der Waals surface area contributed by atoms with Gasteiger partial charge >= 0.3 is 0 Å². The summed E-state index contributed by atoms with van der Waals surface area (Å²) >= 11 is 13.5. The summed E-state index contributed by atoms with van der Waals surface area (Å²) < 4.78 is 12.6. The van der Waals surface area contributed by atoms with E-state index in [1.807, 2.05) is 0 Å². The highest BCUT2D eigenvalue weighted by Gasteiger charge is 2.37. The van der Waals surface area contributed by atoms with Gasteiger partial charge in [-0.25, -0.2) is 4.98 Å². The van der Waals surface area contributed by atoms with Gasteiger partial charge in [-0.1, -0.05) is 18.2 Å². The molecule has 3 heterocycles. The lowest BCUT2D eigenvalue weighted by molar-refractivity contribution is -0.127. The van der Waals surface area contributed by atoms with E-state index in [4.69, 9.17) is 32.7 Å². The fourth-order valence-electron chi connectivity index (χ4n) is 4.85. The Morgan fingerprint density at radius 3 is 2.61 bits per heavy atom. The SMILES string of the molecule is C=CC(=O)N1CCN(CCCn2c(=O)c(C3C(Cl)=C(OC)C=C(OC)C3Cl)cc3cnc(NC)nc32)CC1. The molecule has 4 rings (SSSR count). The number of hydrogen-bond donors (Lipinski definition) is 1. The molecule has 1 fully saturated rings. The number of carbonyl (C=O) groups is 1. The van der Waals surface area contributed by atoms with Crippen molar-refractivity contribution >= 4 is 46.1 Å². The van der Waals surface area contributed by atoms with Crippen LogP contribution in [0.5, 0.6) is 0 Å². The number of carbonyl (C=O) groups excluding carboxylic acids is 1. The van der Waals surface area contributed by atoms with Gasteiger partial charge in [-0.05, 0) is 25.1 Å². The molecule has 1 aliphatic carbocycles. The highest BCUT2D eigenvalue weighted by Crippen LogP contribution is 2.42. The Labute approximate surface area is 231 Å². The zero-order valence-corrected chi connectivity index (χ0v) is 23.3. The molecule has 204 valence electrons. The van der Waals surface area contributed by atoms with Gasteiger partial charge in [-0.15, -0.1) is 11.6 Å². The second kappa shape index (κ2) is 12.2. The molecule has 10 nitrogen and oxygen atoms in total. The van der Waals surface area contributed by atoms with Crippen molar-refractivity contribution < 1.29 is 14.3 Å². The Bertz CT molecular complexity index is 1330. The molecule has 2 aromatic rings. The smallest absolute Gasteiger partial charge is 0.256 e. The number of nitrogens with one attached hydrogen (secondary N) is 1. The first kappa shape index (κ1) is 27.9. The van der Waals surface area contributed by atoms with Gasteiger partial charge in [-0.2, -0.15) is 4.98 Å². The van der Waals surface area contributed by atoms with Gasteiger partial charge in [0.2, 0.25) is 11.9 Å². The number of fused-ring (bicyclic) bond motifs is 1. The monoisotopic (exact) mass is 562 g/mol. The summed E-state index contributed by atoms with van der Waals surface area (Å²) in [6.07, 6.45) is 5.37. The van der Waals surface area contributed by atoms with Crippen molar-refractivity contribution in [2.75, 3.05) is 59.3 Å². The van der Waals surface area contributed by atoms with E-state index in [9.17, 15) is 9.59 Å². The molecule has 0 bridgehead atoms. The van der Waals surface area contributed by atoms with E-state index in [0.717, 1.165) is 19.6 Å². The fraction of sp³-hybridized carbons (Fsp3) is 0.462. The van der Waals surface area contributed by atoms with Gasteiger partial charge in [0.1, 0.15) is 22.5 Å². The molecule has 1 aliphatic heterocycles. The molecular formula is C26H32Cl2N6O4. The van der Waals surface area contributed by atoms with E-state index in [0.29, 0.717) is 65.2 Å². The number of piperazine rings is 1. The van der Waals surface area contributed by atoms with Crippen molar-refractivity contribution in [2.45, 2.75) is 24.3 Å². The molecule has 0 spiro atoms. The van der Waals surface area contributed by atoms with Gasteiger partial charge in [-0.3, -0.25) is 19.1 Å². The first-order valence-corrected chi connectivity index (χ1v) is 13.2. The van der Waals surface area contributed by atoms with Crippen LogP contribution in [0.25, 0.3) is 11.0 Å². The Hall–Kier alpha value is -3.08. The summed E-state index contributed by atoms with van der Waals surface area (Å²) in [5.41, 5.74) is 0.703. The number of rotatable bonds is 9. The summed E-state index contributed by atoms with van der Waals surface area (Å²) in [4.78, 5) is 38.8. The van der Waals surface area contributed by atoms with Crippen LogP contribution in [0.3, 0.4) is 0 Å². The summed E-state index contributed by atoms with van der Waals surface area (Å²) in [6, 6.07) is 1.75. The lowest BCUT2D eigenvalue weighted by atomic mass is 9.90. The molecule has 1 saturated heterocycles. The van der Waals surface area contributed by atoms with Gasteiger partial charge in [0.15, 0.2) is 0 Å². The maximum absolute atomic E-state index is 14.0. The van der Waals surface area contributed by atoms with Crippen LogP contribution in [-0.4, -0.2) is 89.6 Å². The van der Waals surface area contributed by atoms with Gasteiger partial charge in [0.25, 0.3) is 5.56 Å². The van der Waals surface area contributed by atoms with E-state index in [-0.39, 0.29) is 11.5 Å². The molecule has 0 radical (unpaired) electrons. The molecule has 2 aliphatic rings. The number of hydrogen-bond acceptors (Lipinski definition) is 8. The number of aromatic nitrogens is 3. The topological polar surface area (TPSA) is 102 Å². The largest absolute Gasteiger partial charge is 0.499 e. The number of methoxy groups -OCH3 is 2. The third kappa shape index (κ3) is 5.52. The Kier molecular flexibility index (Phi) is 8.96. The van der Waals surface area contributed by atoms with Crippen LogP contribution in [0, 0.1) is 0 Å². The lowest BCUT2D eigenvalue weighted by Gasteiger charge is -2.34. The number of alkyl halides is 1. The van der Waals surface area contributed by atoms with E-state index in [2.05, 4.69) is 26.8 Å². The first-order chi connectivity index (χ1) is 18.3. The second-order valence-electron chi connectivity index (χ2n) is 9.05. The van der Waals surface area contributed by atoms with E-state index in [1.165, 1.54) is 20.3 Å². The van der Waals surface area contributed by atoms with Crippen LogP contribution in [0.15, 0.2) is 52.3 Å². The van der Waals surface area contributed by atoms with Crippen LogP contribution < -0.4 is 10.9 Å². The molecule has 2 aromatic heterocycles. The number of allylic oxidation sites excluding steroid dienone is 3. The Balaban J connectivity index is 1.65. The molecule has 0 saturated carbocycles. The Morgan fingerprint density at radius 2 is 1.97 bits per heavy atom. The maximum Gasteiger partial charge on any atom is 0.256 e. The third-order valence-electron chi connectivity index (χ3n) is 6.93. The zero-order chi connectivity index (χ0) is 27.4. The second-order valence-corrected chi connectivity index (χ2v) is 9.93. The van der Waals surface area contributed by atoms with Crippen LogP contribution in [-0.2, 0) is 20.8 Å². The van der Waals surface area contributed by atoms with Crippen LogP contribution in [0.4, 0.5) is 5.95 Å². The molecule has 0 aromatic carbocycles. The molecule has 1 amide bonds. The average Bonchev–Trinajstić information content (AvgIpc) is 2.94. The number of ether oxygens (including phenoxy) is 2. The van der Waals surface area contributed by atoms with E-state index in [1.54, 1.807) is 34.9 Å². The van der Waals surface area contributed by atoms with Crippen molar-refractivity contribution in [1.29, 1.82) is 0 Å². The average molecular weight is 563 g/mol. The number of anilines is 1. The summed E-state index contributed by atoms with van der Waals surface area (Å²) in [7, 11) is 4.75. The van der Waals surface area contributed by atoms with Crippen LogP contribution >= 0.6 is 23.2 Å². The Morgan fingerprint density at radius 1 is 1.24 bits per heavy atom. The number of nitrogens with zero attached hydrogens (tertiary/aromatic N) is 5. The lowest BCUT2D eigenvalue weighted by Crippen LogP contribution is -2.48. The van der Waals surface area contributed by atoms with Crippen molar-refractivity contribution in [3.63, 3.8) is 0 Å². The molecule has 2 atom stereocenters. The van der Waals surface area contributed by atoms with Crippen LogP contribution in [0.1, 0.15) is 17.9 Å². The summed E-state index contributed by atoms with van der Waals surface area (Å²) in [5.74, 6) is 0.553. The maximum atomic E-state index is 14.0. The van der Waals surface area contributed by atoms with Gasteiger partial charge in [0.05, 0.1) is 25.2 Å². The third-order valence-corrected chi connectivity index (χ3v) is 7.82. The minimum Gasteiger partial charge on any atom is -0.499 e. The number of aryl methyl sites for hydroxylation is 1. The van der Waals surface area contributed by atoms with Crippen molar-refractivity contribution in [3.8, 4) is 0 Å². The minimum absolute atomic E-state index is 0.0457. The number of pyridine rings is 1. The number of halogens is 2. The van der Waals surface area contributed by atoms with Gasteiger partial charge < -0.3 is 19.7 Å². The summed E-state index contributed by atoms with van der Waals surface area (Å²) in [5, 5.41) is 3.26. The normalized spacial score (nSPS) is 20.3. The molecule has 1 N–H and O–H groups in total. The van der Waals surface area contributed by atoms with Crippen molar-refractivity contribution in [1.82, 2.24) is 24.3 Å². The predicted molar refractivity (Wildman–Crippen MR) is 149 cm³/mol. The highest BCUT2D eigenvalue weighted by molar-refractivity contribution is 6.33. The van der Waals surface area contributed by atoms with Crippen molar-refractivity contribution in [3.05, 3.63) is 63.5 Å². The standard InChI is InChI=1S/C26H32Cl2N6O4/c1-5-20(35)33-11-9-32(10-12-33)7-6-8-34-24-16(15-30-26(29-2)31-24)13-17(25(34)36)21-22(27)18(37-3)14-19(38-4)23(21)28/h5,13-15,21-22H,1,6-12H2,2-4H3,(H,29,30,31). The van der Waals surface area contributed by atoms with Crippen LogP contribution in [0.2, 0.25) is 0 Å². The predicted octanol–water partition coefficient (Wildman–Crippen LogP) is 2.89. The summed E-state index contributed by atoms with van der Waals surface area (Å²) in [6.45, 7) is 7.61. The first-order valence-electron chi connectivity index (χ1n) is 12.4. The van der Waals surface area contributed by atoms with Gasteiger partial charge in [0, 0.05) is 63.0 Å². The fourth-order valence-corrected chi connectivity index (χ4v) is 5.70. The zero-order valence-electron chi connectivity index (χ0n) is 21.7. The highest BCUT2D eigenvalue weighted by atomic mass is 35.5. The molecular weight excluding hydrogens is 531 g/mol. The quantitative estimate of drug-likeness (QED) is 0.367. The molecule has 2 unspecified atom stereocenters. The molecule has 38 heavy (non-hydrogen) atoms.